The summed E-state index contributed by atoms with van der Waals surface area (Å²) in [4.78, 5) is 0. The summed E-state index contributed by atoms with van der Waals surface area (Å²) >= 11 is 0. The van der Waals surface area contributed by atoms with Crippen LogP contribution in [0.4, 0.5) is 5.82 Å². The zero-order chi connectivity index (χ0) is 16.6. The van der Waals surface area contributed by atoms with Gasteiger partial charge in [0.05, 0.1) is 18.4 Å². The molecule has 0 radical (unpaired) electrons. The lowest BCUT2D eigenvalue weighted by atomic mass is 9.98. The van der Waals surface area contributed by atoms with Gasteiger partial charge in [0, 0.05) is 5.56 Å². The molecule has 2 aliphatic rings. The van der Waals surface area contributed by atoms with Crippen LogP contribution in [0.25, 0.3) is 11.3 Å². The van der Waals surface area contributed by atoms with Crippen LogP contribution in [-0.2, 0) is 16.6 Å². The fourth-order valence-corrected chi connectivity index (χ4v) is 4.25. The summed E-state index contributed by atoms with van der Waals surface area (Å²) in [6.45, 7) is 0.320. The van der Waals surface area contributed by atoms with Crippen molar-refractivity contribution in [3.63, 3.8) is 0 Å². The molecule has 2 heterocycles. The highest BCUT2D eigenvalue weighted by atomic mass is 32.2. The summed E-state index contributed by atoms with van der Waals surface area (Å²) in [6, 6.07) is 7.61. The van der Waals surface area contributed by atoms with Crippen molar-refractivity contribution in [1.29, 1.82) is 0 Å². The molecule has 0 unspecified atom stereocenters. The highest BCUT2D eigenvalue weighted by molar-refractivity contribution is 7.92. The number of aryl methyl sites for hydroxylation is 1. The van der Waals surface area contributed by atoms with Crippen molar-refractivity contribution in [3.05, 3.63) is 24.3 Å². The fraction of sp³-hybridized carbons (Fsp3) is 0.500. The van der Waals surface area contributed by atoms with Gasteiger partial charge in [-0.3, -0.25) is 4.72 Å². The Morgan fingerprint density at radius 3 is 2.62 bits per heavy atom. The lowest BCUT2D eigenvalue weighted by Gasteiger charge is -2.23. The average Bonchev–Trinajstić information content (AvgIpc) is 2.98. The second kappa shape index (κ2) is 6.08. The Morgan fingerprint density at radius 1 is 1.12 bits per heavy atom. The van der Waals surface area contributed by atoms with Gasteiger partial charge in [0.15, 0.2) is 5.82 Å². The highest BCUT2D eigenvalue weighted by Crippen LogP contribution is 2.30. The molecular formula is C16H20N4O3S. The van der Waals surface area contributed by atoms with E-state index in [1.807, 2.05) is 24.3 Å². The standard InChI is InChI=1S/C16H20N4O3S/c21-24(22)11-10-20-16(18-24)15(17-19-20)12-6-8-14(9-7-12)23-13-4-2-1-3-5-13/h6-9,13,18H,1-5,10-11H2. The van der Waals surface area contributed by atoms with Gasteiger partial charge in [0.25, 0.3) is 0 Å². The second-order valence-electron chi connectivity index (χ2n) is 6.33. The Hall–Kier alpha value is -2.09. The van der Waals surface area contributed by atoms with Gasteiger partial charge in [-0.25, -0.2) is 13.1 Å². The molecule has 2 aromatic rings. The molecule has 0 spiro atoms. The van der Waals surface area contributed by atoms with Gasteiger partial charge in [0.1, 0.15) is 11.4 Å². The van der Waals surface area contributed by atoms with Gasteiger partial charge in [0.2, 0.25) is 10.0 Å². The molecular weight excluding hydrogens is 328 g/mol. The summed E-state index contributed by atoms with van der Waals surface area (Å²) in [6.07, 6.45) is 6.29. The number of rotatable bonds is 3. The Bertz CT molecular complexity index is 824. The van der Waals surface area contributed by atoms with Crippen LogP contribution in [0, 0.1) is 0 Å². The molecule has 24 heavy (non-hydrogen) atoms. The largest absolute Gasteiger partial charge is 0.490 e. The number of hydrogen-bond acceptors (Lipinski definition) is 5. The molecule has 7 nitrogen and oxygen atoms in total. The van der Waals surface area contributed by atoms with E-state index in [0.717, 1.165) is 24.2 Å². The number of sulfonamides is 1. The minimum Gasteiger partial charge on any atom is -0.490 e. The van der Waals surface area contributed by atoms with E-state index < -0.39 is 10.0 Å². The smallest absolute Gasteiger partial charge is 0.235 e. The van der Waals surface area contributed by atoms with Crippen LogP contribution in [0.5, 0.6) is 5.75 Å². The van der Waals surface area contributed by atoms with Crippen LogP contribution < -0.4 is 9.46 Å². The Labute approximate surface area is 141 Å². The van der Waals surface area contributed by atoms with Crippen molar-refractivity contribution in [2.45, 2.75) is 44.8 Å². The molecule has 4 rings (SSSR count). The third kappa shape index (κ3) is 3.10. The first-order chi connectivity index (χ1) is 11.6. The first-order valence-electron chi connectivity index (χ1n) is 8.32. The van der Waals surface area contributed by atoms with Gasteiger partial charge in [-0.15, -0.1) is 5.10 Å². The molecule has 0 atom stereocenters. The van der Waals surface area contributed by atoms with Crippen LogP contribution in [0.2, 0.25) is 0 Å². The van der Waals surface area contributed by atoms with Crippen molar-refractivity contribution in [1.82, 2.24) is 15.0 Å². The average molecular weight is 348 g/mol. The zero-order valence-electron chi connectivity index (χ0n) is 13.3. The van der Waals surface area contributed by atoms with E-state index in [9.17, 15) is 8.42 Å². The molecule has 1 aliphatic heterocycles. The maximum absolute atomic E-state index is 11.8. The lowest BCUT2D eigenvalue weighted by molar-refractivity contribution is 0.155. The van der Waals surface area contributed by atoms with Crippen LogP contribution in [0.15, 0.2) is 24.3 Å². The molecule has 0 saturated heterocycles. The number of benzene rings is 1. The molecule has 1 fully saturated rings. The van der Waals surface area contributed by atoms with Crippen molar-refractivity contribution in [2.75, 3.05) is 10.5 Å². The summed E-state index contributed by atoms with van der Waals surface area (Å²) in [5.74, 6) is 1.30. The predicted molar refractivity (Wildman–Crippen MR) is 90.4 cm³/mol. The van der Waals surface area contributed by atoms with Gasteiger partial charge in [-0.2, -0.15) is 0 Å². The third-order valence-electron chi connectivity index (χ3n) is 4.54. The maximum Gasteiger partial charge on any atom is 0.235 e. The van der Waals surface area contributed by atoms with E-state index in [1.54, 1.807) is 4.68 Å². The first kappa shape index (κ1) is 15.4. The Kier molecular flexibility index (Phi) is 3.91. The molecule has 0 amide bonds. The molecule has 1 N–H and O–H groups in total. The minimum atomic E-state index is -3.30. The molecule has 128 valence electrons. The number of ether oxygens (including phenoxy) is 1. The molecule has 1 aliphatic carbocycles. The van der Waals surface area contributed by atoms with Gasteiger partial charge < -0.3 is 4.74 Å². The van der Waals surface area contributed by atoms with Crippen LogP contribution >= 0.6 is 0 Å². The topological polar surface area (TPSA) is 86.1 Å². The molecule has 0 bridgehead atoms. The van der Waals surface area contributed by atoms with Crippen LogP contribution in [-0.4, -0.2) is 35.3 Å². The number of nitrogens with zero attached hydrogens (tertiary/aromatic N) is 3. The van der Waals surface area contributed by atoms with Gasteiger partial charge >= 0.3 is 0 Å². The lowest BCUT2D eigenvalue weighted by Crippen LogP contribution is -2.28. The normalized spacial score (nSPS) is 20.2. The van der Waals surface area contributed by atoms with Crippen LogP contribution in [0.1, 0.15) is 32.1 Å². The Balaban J connectivity index is 1.54. The fourth-order valence-electron chi connectivity index (χ4n) is 3.24. The van der Waals surface area contributed by atoms with E-state index in [2.05, 4.69) is 15.0 Å². The number of fused-ring (bicyclic) bond motifs is 1. The zero-order valence-corrected chi connectivity index (χ0v) is 14.1. The summed E-state index contributed by atoms with van der Waals surface area (Å²) in [5, 5.41) is 8.15. The van der Waals surface area contributed by atoms with Crippen molar-refractivity contribution in [3.8, 4) is 17.0 Å². The predicted octanol–water partition coefficient (Wildman–Crippen LogP) is 2.41. The van der Waals surface area contributed by atoms with Crippen molar-refractivity contribution < 1.29 is 13.2 Å². The number of anilines is 1. The molecule has 1 saturated carbocycles. The number of nitrogens with one attached hydrogen (secondary N) is 1. The summed E-state index contributed by atoms with van der Waals surface area (Å²) < 4.78 is 33.7. The second-order valence-corrected chi connectivity index (χ2v) is 8.17. The number of aromatic nitrogens is 3. The van der Waals surface area contributed by atoms with Crippen molar-refractivity contribution >= 4 is 15.8 Å². The maximum atomic E-state index is 11.8. The van der Waals surface area contributed by atoms with E-state index >= 15 is 0 Å². The van der Waals surface area contributed by atoms with E-state index in [-0.39, 0.29) is 5.75 Å². The summed E-state index contributed by atoms with van der Waals surface area (Å²) in [7, 11) is -3.30. The Morgan fingerprint density at radius 2 is 1.88 bits per heavy atom. The number of hydrogen-bond donors (Lipinski definition) is 1. The SMILES string of the molecule is O=S1(=O)CCn2nnc(-c3ccc(OC4CCCCC4)cc3)c2N1. The quantitative estimate of drug-likeness (QED) is 0.920. The summed E-state index contributed by atoms with van der Waals surface area (Å²) in [5.41, 5.74) is 1.36. The molecule has 8 heteroatoms. The monoisotopic (exact) mass is 348 g/mol. The van der Waals surface area contributed by atoms with E-state index in [4.69, 9.17) is 4.74 Å². The van der Waals surface area contributed by atoms with Gasteiger partial charge in [-0.1, -0.05) is 11.6 Å². The van der Waals surface area contributed by atoms with Crippen LogP contribution in [0.3, 0.4) is 0 Å². The van der Waals surface area contributed by atoms with E-state index in [0.29, 0.717) is 24.2 Å². The first-order valence-corrected chi connectivity index (χ1v) is 9.97. The molecule has 1 aromatic heterocycles. The van der Waals surface area contributed by atoms with E-state index in [1.165, 1.54) is 19.3 Å². The third-order valence-corrected chi connectivity index (χ3v) is 5.77. The van der Waals surface area contributed by atoms with Crippen molar-refractivity contribution in [2.24, 2.45) is 0 Å². The minimum absolute atomic E-state index is 0.0248. The highest BCUT2D eigenvalue weighted by Gasteiger charge is 2.25. The molecule has 1 aromatic carbocycles. The van der Waals surface area contributed by atoms with Gasteiger partial charge in [-0.05, 0) is 49.9 Å².